The second kappa shape index (κ2) is 7.89. The van der Waals surface area contributed by atoms with Crippen LogP contribution >= 0.6 is 0 Å². The third-order valence-electron chi connectivity index (χ3n) is 4.29. The van der Waals surface area contributed by atoms with Crippen molar-refractivity contribution < 1.29 is 18.0 Å². The minimum absolute atomic E-state index is 0.00998. The van der Waals surface area contributed by atoms with E-state index in [1.807, 2.05) is 0 Å². The maximum atomic E-state index is 13.2. The number of allylic oxidation sites excluding steroid dienone is 1. The van der Waals surface area contributed by atoms with Crippen LogP contribution in [0.3, 0.4) is 0 Å². The van der Waals surface area contributed by atoms with Crippen molar-refractivity contribution in [3.63, 3.8) is 0 Å². The molecule has 25 heavy (non-hydrogen) atoms. The second-order valence-electron chi connectivity index (χ2n) is 6.34. The molecule has 0 atom stereocenters. The van der Waals surface area contributed by atoms with Crippen LogP contribution in [-0.4, -0.2) is 22.9 Å². The van der Waals surface area contributed by atoms with Crippen LogP contribution in [0.15, 0.2) is 42.6 Å². The van der Waals surface area contributed by atoms with Gasteiger partial charge in [0.15, 0.2) is 5.78 Å². The van der Waals surface area contributed by atoms with Crippen molar-refractivity contribution in [1.29, 1.82) is 0 Å². The fraction of sp³-hybridized carbons (Fsp3) is 0.450. The molecule has 0 spiro atoms. The molecule has 1 aliphatic carbocycles. The molecule has 1 aliphatic rings. The van der Waals surface area contributed by atoms with Gasteiger partial charge in [-0.25, -0.2) is 0 Å². The van der Waals surface area contributed by atoms with E-state index < -0.39 is 11.7 Å². The van der Waals surface area contributed by atoms with Gasteiger partial charge in [-0.1, -0.05) is 51.1 Å². The number of nitrogens with zero attached hydrogens (tertiary/aromatic N) is 1. The number of hydrogen-bond donors (Lipinski definition) is 0. The molecule has 1 saturated carbocycles. The highest BCUT2D eigenvalue weighted by Gasteiger charge is 2.36. The van der Waals surface area contributed by atoms with Crippen molar-refractivity contribution in [2.24, 2.45) is 0 Å². The number of alkyl halides is 3. The number of carbonyl (C=O) groups excluding carboxylic acids is 1. The molecule has 0 bridgehead atoms. The Morgan fingerprint density at radius 1 is 1.20 bits per heavy atom. The quantitative estimate of drug-likeness (QED) is 0.539. The Balaban J connectivity index is 2.28. The first-order valence-corrected chi connectivity index (χ1v) is 8.66. The smallest absolute Gasteiger partial charge is 0.345 e. The first-order valence-electron chi connectivity index (χ1n) is 8.66. The molecule has 0 saturated heterocycles. The van der Waals surface area contributed by atoms with E-state index in [0.717, 1.165) is 18.4 Å². The third-order valence-corrected chi connectivity index (χ3v) is 4.29. The van der Waals surface area contributed by atoms with Crippen molar-refractivity contribution in [1.82, 2.24) is 4.90 Å². The largest absolute Gasteiger partial charge is 0.414 e. The predicted octanol–water partition coefficient (Wildman–Crippen LogP) is 5.96. The molecule has 0 radical (unpaired) electrons. The summed E-state index contributed by atoms with van der Waals surface area (Å²) >= 11 is 0. The SMILES string of the molecule is C=C(c1ccc(C(=O)CC)cc1)N(/C=C(\CCC)C(F)(F)F)C1CC1. The van der Waals surface area contributed by atoms with Gasteiger partial charge in [-0.15, -0.1) is 0 Å². The van der Waals surface area contributed by atoms with Crippen molar-refractivity contribution in [2.75, 3.05) is 0 Å². The van der Waals surface area contributed by atoms with Gasteiger partial charge in [0, 0.05) is 35.5 Å². The van der Waals surface area contributed by atoms with E-state index in [0.29, 0.717) is 24.1 Å². The Kier molecular flexibility index (Phi) is 6.09. The molecule has 1 aromatic rings. The molecule has 0 amide bonds. The van der Waals surface area contributed by atoms with Gasteiger partial charge in [0.2, 0.25) is 0 Å². The molecule has 2 rings (SSSR count). The lowest BCUT2D eigenvalue weighted by atomic mass is 10.0. The van der Waals surface area contributed by atoms with Crippen molar-refractivity contribution in [2.45, 2.75) is 58.2 Å². The lowest BCUT2D eigenvalue weighted by Crippen LogP contribution is -2.22. The molecular weight excluding hydrogens is 327 g/mol. The van der Waals surface area contributed by atoms with Gasteiger partial charge in [-0.3, -0.25) is 4.79 Å². The topological polar surface area (TPSA) is 20.3 Å². The summed E-state index contributed by atoms with van der Waals surface area (Å²) in [6, 6.07) is 6.98. The summed E-state index contributed by atoms with van der Waals surface area (Å²) in [5.74, 6) is 0.0402. The van der Waals surface area contributed by atoms with Crippen LogP contribution in [-0.2, 0) is 0 Å². The van der Waals surface area contributed by atoms with Gasteiger partial charge in [-0.05, 0) is 24.8 Å². The lowest BCUT2D eigenvalue weighted by Gasteiger charge is -2.25. The Hall–Kier alpha value is -2.04. The molecule has 0 aromatic heterocycles. The van der Waals surface area contributed by atoms with Gasteiger partial charge in [-0.2, -0.15) is 13.2 Å². The fourth-order valence-corrected chi connectivity index (χ4v) is 2.67. The van der Waals surface area contributed by atoms with Crippen molar-refractivity contribution in [3.05, 3.63) is 53.7 Å². The van der Waals surface area contributed by atoms with Crippen molar-refractivity contribution in [3.8, 4) is 0 Å². The Morgan fingerprint density at radius 3 is 2.20 bits per heavy atom. The summed E-state index contributed by atoms with van der Waals surface area (Å²) in [5.41, 5.74) is 1.35. The Labute approximate surface area is 147 Å². The van der Waals surface area contributed by atoms with E-state index >= 15 is 0 Å². The van der Waals surface area contributed by atoms with Gasteiger partial charge < -0.3 is 4.90 Å². The molecule has 5 heteroatoms. The van der Waals surface area contributed by atoms with Crippen LogP contribution in [0.1, 0.15) is 61.9 Å². The standard InChI is InChI=1S/C20H24F3NO/c1-4-6-17(20(21,22)23)13-24(18-11-12-18)14(3)15-7-9-16(10-8-15)19(25)5-2/h7-10,13,18H,3-6,11-12H2,1-2H3/b17-13+. The Morgan fingerprint density at radius 2 is 1.76 bits per heavy atom. The summed E-state index contributed by atoms with van der Waals surface area (Å²) in [5, 5.41) is 0. The summed E-state index contributed by atoms with van der Waals surface area (Å²) in [6.45, 7) is 7.53. The Bertz CT molecular complexity index is 655. The van der Waals surface area contributed by atoms with Gasteiger partial charge >= 0.3 is 6.18 Å². The monoisotopic (exact) mass is 351 g/mol. The van der Waals surface area contributed by atoms with E-state index in [1.54, 1.807) is 43.0 Å². The first-order chi connectivity index (χ1) is 11.8. The number of ketones is 1. The highest BCUT2D eigenvalue weighted by Crippen LogP contribution is 2.37. The third kappa shape index (κ3) is 4.97. The second-order valence-corrected chi connectivity index (χ2v) is 6.34. The highest BCUT2D eigenvalue weighted by atomic mass is 19.4. The zero-order chi connectivity index (χ0) is 18.6. The van der Waals surface area contributed by atoms with Crippen LogP contribution in [0, 0.1) is 0 Å². The van der Waals surface area contributed by atoms with Gasteiger partial charge in [0.25, 0.3) is 0 Å². The number of halogens is 3. The van der Waals surface area contributed by atoms with Crippen molar-refractivity contribution >= 4 is 11.5 Å². The van der Waals surface area contributed by atoms with Crippen LogP contribution in [0.4, 0.5) is 13.2 Å². The maximum Gasteiger partial charge on any atom is 0.414 e. The fourth-order valence-electron chi connectivity index (χ4n) is 2.67. The summed E-state index contributed by atoms with van der Waals surface area (Å²) in [7, 11) is 0. The molecule has 2 nitrogen and oxygen atoms in total. The molecule has 0 heterocycles. The number of benzene rings is 1. The number of carbonyl (C=O) groups is 1. The zero-order valence-electron chi connectivity index (χ0n) is 14.7. The molecule has 0 unspecified atom stereocenters. The number of hydrogen-bond acceptors (Lipinski definition) is 2. The number of rotatable bonds is 8. The first kappa shape index (κ1) is 19.3. The maximum absolute atomic E-state index is 13.2. The highest BCUT2D eigenvalue weighted by molar-refractivity contribution is 5.96. The molecule has 136 valence electrons. The van der Waals surface area contributed by atoms with E-state index in [4.69, 9.17) is 0 Å². The van der Waals surface area contributed by atoms with E-state index in [-0.39, 0.29) is 18.2 Å². The number of Topliss-reactive ketones (excluding diaryl/α,β-unsaturated/α-hetero) is 1. The summed E-state index contributed by atoms with van der Waals surface area (Å²) in [6.07, 6.45) is -0.551. The average molecular weight is 351 g/mol. The van der Waals surface area contributed by atoms with E-state index in [2.05, 4.69) is 6.58 Å². The minimum Gasteiger partial charge on any atom is -0.345 e. The van der Waals surface area contributed by atoms with Crippen LogP contribution in [0.5, 0.6) is 0 Å². The van der Waals surface area contributed by atoms with Gasteiger partial charge in [0.05, 0.1) is 0 Å². The molecule has 0 N–H and O–H groups in total. The molecule has 1 aromatic carbocycles. The average Bonchev–Trinajstić information content (AvgIpc) is 3.41. The van der Waals surface area contributed by atoms with Crippen LogP contribution in [0.25, 0.3) is 5.70 Å². The molecule has 0 aliphatic heterocycles. The zero-order valence-corrected chi connectivity index (χ0v) is 14.7. The molecular formula is C20H24F3NO. The molecule has 1 fully saturated rings. The summed E-state index contributed by atoms with van der Waals surface area (Å²) < 4.78 is 39.7. The lowest BCUT2D eigenvalue weighted by molar-refractivity contribution is -0.0949. The van der Waals surface area contributed by atoms with Crippen LogP contribution < -0.4 is 0 Å². The van der Waals surface area contributed by atoms with Gasteiger partial charge in [0.1, 0.15) is 0 Å². The summed E-state index contributed by atoms with van der Waals surface area (Å²) in [4.78, 5) is 13.4. The van der Waals surface area contributed by atoms with Crippen LogP contribution in [0.2, 0.25) is 0 Å². The van der Waals surface area contributed by atoms with E-state index in [1.165, 1.54) is 6.20 Å². The minimum atomic E-state index is -4.33. The van der Waals surface area contributed by atoms with E-state index in [9.17, 15) is 18.0 Å². The normalized spacial score (nSPS) is 15.2. The predicted molar refractivity (Wildman–Crippen MR) is 94.0 cm³/mol.